The molecule has 0 saturated heterocycles. The molecule has 2 aromatic carbocycles. The molecule has 2 amide bonds. The highest BCUT2D eigenvalue weighted by Gasteiger charge is 2.16. The van der Waals surface area contributed by atoms with Crippen LogP contribution in [0.1, 0.15) is 41.5 Å². The highest BCUT2D eigenvalue weighted by molar-refractivity contribution is 7.14. The third-order valence-corrected chi connectivity index (χ3v) is 4.60. The Bertz CT molecular complexity index is 1060. The molecule has 0 aliphatic rings. The van der Waals surface area contributed by atoms with Crippen LogP contribution in [0.2, 0.25) is 0 Å². The third kappa shape index (κ3) is 5.23. The van der Waals surface area contributed by atoms with Crippen LogP contribution in [0.5, 0.6) is 0 Å². The maximum Gasteiger partial charge on any atom is 0.257 e. The van der Waals surface area contributed by atoms with Crippen molar-refractivity contribution in [2.24, 2.45) is 0 Å². The Morgan fingerprint density at radius 1 is 0.931 bits per heavy atom. The van der Waals surface area contributed by atoms with Crippen LogP contribution in [0.15, 0.2) is 47.8 Å². The highest BCUT2D eigenvalue weighted by Crippen LogP contribution is 2.26. The van der Waals surface area contributed by atoms with Gasteiger partial charge in [-0.05, 0) is 63.2 Å². The van der Waals surface area contributed by atoms with E-state index in [0.29, 0.717) is 27.5 Å². The number of hydrogen-bond donors (Lipinski definition) is 2. The SMILES string of the molecule is CC(C)(C)NC(=O)c1ccc(C(=O)Nc2nc(-c3ccc(F)c(F)c3)cs2)cc1. The van der Waals surface area contributed by atoms with Gasteiger partial charge >= 0.3 is 0 Å². The number of rotatable bonds is 4. The standard InChI is InChI=1S/C21H19F2N3O2S/c1-21(2,3)26-19(28)13-6-4-12(5-7-13)18(27)25-20-24-17(11-29-20)14-8-9-15(22)16(23)10-14/h4-11H,1-3H3,(H,26,28)(H,24,25,27). The lowest BCUT2D eigenvalue weighted by Crippen LogP contribution is -2.40. The van der Waals surface area contributed by atoms with Crippen molar-refractivity contribution in [1.82, 2.24) is 10.3 Å². The number of hydrogen-bond acceptors (Lipinski definition) is 4. The zero-order valence-electron chi connectivity index (χ0n) is 16.0. The van der Waals surface area contributed by atoms with E-state index in [1.54, 1.807) is 29.6 Å². The molecular formula is C21H19F2N3O2S. The lowest BCUT2D eigenvalue weighted by Gasteiger charge is -2.20. The van der Waals surface area contributed by atoms with E-state index in [4.69, 9.17) is 0 Å². The Morgan fingerprint density at radius 3 is 2.14 bits per heavy atom. The van der Waals surface area contributed by atoms with Crippen molar-refractivity contribution < 1.29 is 18.4 Å². The van der Waals surface area contributed by atoms with Gasteiger partial charge in [0.2, 0.25) is 0 Å². The molecule has 1 aromatic heterocycles. The number of carbonyl (C=O) groups is 2. The second-order valence-electron chi connectivity index (χ2n) is 7.40. The number of nitrogens with one attached hydrogen (secondary N) is 2. The normalized spacial score (nSPS) is 11.2. The maximum absolute atomic E-state index is 13.4. The first-order valence-corrected chi connectivity index (χ1v) is 9.65. The molecule has 1 heterocycles. The van der Waals surface area contributed by atoms with Crippen LogP contribution in [0.3, 0.4) is 0 Å². The summed E-state index contributed by atoms with van der Waals surface area (Å²) in [6.45, 7) is 5.65. The Balaban J connectivity index is 1.68. The van der Waals surface area contributed by atoms with Gasteiger partial charge in [-0.25, -0.2) is 13.8 Å². The summed E-state index contributed by atoms with van der Waals surface area (Å²) in [6.07, 6.45) is 0. The molecule has 0 aliphatic heterocycles. The molecule has 0 atom stereocenters. The van der Waals surface area contributed by atoms with Gasteiger partial charge in [0.25, 0.3) is 11.8 Å². The van der Waals surface area contributed by atoms with Gasteiger partial charge in [0, 0.05) is 27.6 Å². The smallest absolute Gasteiger partial charge is 0.257 e. The average Bonchev–Trinajstić information content (AvgIpc) is 3.11. The lowest BCUT2D eigenvalue weighted by atomic mass is 10.1. The summed E-state index contributed by atoms with van der Waals surface area (Å²) in [7, 11) is 0. The Hall–Kier alpha value is -3.13. The summed E-state index contributed by atoms with van der Waals surface area (Å²) in [5.74, 6) is -2.51. The van der Waals surface area contributed by atoms with Crippen LogP contribution >= 0.6 is 11.3 Å². The van der Waals surface area contributed by atoms with Crippen molar-refractivity contribution in [3.63, 3.8) is 0 Å². The first-order valence-electron chi connectivity index (χ1n) is 8.77. The summed E-state index contributed by atoms with van der Waals surface area (Å²) in [5.41, 5.74) is 1.30. The number of carbonyl (C=O) groups excluding carboxylic acids is 2. The van der Waals surface area contributed by atoms with E-state index in [1.807, 2.05) is 20.8 Å². The summed E-state index contributed by atoms with van der Waals surface area (Å²) in [6, 6.07) is 9.75. The van der Waals surface area contributed by atoms with E-state index in [-0.39, 0.29) is 17.4 Å². The van der Waals surface area contributed by atoms with Crippen molar-refractivity contribution in [3.05, 3.63) is 70.6 Å². The van der Waals surface area contributed by atoms with Crippen LogP contribution < -0.4 is 10.6 Å². The Kier molecular flexibility index (Phi) is 5.74. The van der Waals surface area contributed by atoms with Gasteiger partial charge in [0.05, 0.1) is 5.69 Å². The van der Waals surface area contributed by atoms with Gasteiger partial charge in [-0.2, -0.15) is 0 Å². The fourth-order valence-electron chi connectivity index (χ4n) is 2.47. The first kappa shape index (κ1) is 20.6. The molecule has 5 nitrogen and oxygen atoms in total. The molecule has 8 heteroatoms. The summed E-state index contributed by atoms with van der Waals surface area (Å²) in [4.78, 5) is 28.8. The maximum atomic E-state index is 13.4. The average molecular weight is 415 g/mol. The van der Waals surface area contributed by atoms with Crippen LogP contribution in [-0.2, 0) is 0 Å². The van der Waals surface area contributed by atoms with E-state index in [0.717, 1.165) is 12.1 Å². The Labute approximate surface area is 170 Å². The monoisotopic (exact) mass is 415 g/mol. The minimum atomic E-state index is -0.961. The molecule has 29 heavy (non-hydrogen) atoms. The van der Waals surface area contributed by atoms with Crippen molar-refractivity contribution in [2.75, 3.05) is 5.32 Å². The van der Waals surface area contributed by atoms with Gasteiger partial charge < -0.3 is 5.32 Å². The molecule has 3 aromatic rings. The molecule has 3 rings (SSSR count). The Morgan fingerprint density at radius 2 is 1.55 bits per heavy atom. The molecular weight excluding hydrogens is 396 g/mol. The molecule has 0 spiro atoms. The number of halogens is 2. The molecule has 0 fully saturated rings. The van der Waals surface area contributed by atoms with Crippen LogP contribution in [-0.4, -0.2) is 22.3 Å². The number of anilines is 1. The molecule has 0 saturated carbocycles. The number of benzene rings is 2. The predicted octanol–water partition coefficient (Wildman–Crippen LogP) is 4.87. The van der Waals surface area contributed by atoms with Gasteiger partial charge in [-0.3, -0.25) is 14.9 Å². The lowest BCUT2D eigenvalue weighted by molar-refractivity contribution is 0.0918. The van der Waals surface area contributed by atoms with E-state index < -0.39 is 11.6 Å². The quantitative estimate of drug-likeness (QED) is 0.639. The van der Waals surface area contributed by atoms with Crippen LogP contribution in [0, 0.1) is 11.6 Å². The van der Waals surface area contributed by atoms with Gasteiger partial charge in [-0.1, -0.05) is 0 Å². The van der Waals surface area contributed by atoms with Crippen LogP contribution in [0.25, 0.3) is 11.3 Å². The summed E-state index contributed by atoms with van der Waals surface area (Å²) < 4.78 is 26.4. The fourth-order valence-corrected chi connectivity index (χ4v) is 3.19. The van der Waals surface area contributed by atoms with Crippen LogP contribution in [0.4, 0.5) is 13.9 Å². The minimum Gasteiger partial charge on any atom is -0.347 e. The molecule has 150 valence electrons. The van der Waals surface area contributed by atoms with Crippen molar-refractivity contribution >= 4 is 28.3 Å². The van der Waals surface area contributed by atoms with E-state index in [1.165, 1.54) is 17.4 Å². The molecule has 0 bridgehead atoms. The highest BCUT2D eigenvalue weighted by atomic mass is 32.1. The summed E-state index contributed by atoms with van der Waals surface area (Å²) >= 11 is 1.17. The molecule has 2 N–H and O–H groups in total. The van der Waals surface area contributed by atoms with Crippen molar-refractivity contribution in [2.45, 2.75) is 26.3 Å². The van der Waals surface area contributed by atoms with E-state index >= 15 is 0 Å². The largest absolute Gasteiger partial charge is 0.347 e. The van der Waals surface area contributed by atoms with Gasteiger partial charge in [0.15, 0.2) is 16.8 Å². The predicted molar refractivity (Wildman–Crippen MR) is 109 cm³/mol. The van der Waals surface area contributed by atoms with E-state index in [2.05, 4.69) is 15.6 Å². The second-order valence-corrected chi connectivity index (χ2v) is 8.26. The van der Waals surface area contributed by atoms with Gasteiger partial charge in [-0.15, -0.1) is 11.3 Å². The number of aromatic nitrogens is 1. The molecule has 0 aliphatic carbocycles. The van der Waals surface area contributed by atoms with Crippen molar-refractivity contribution in [1.29, 1.82) is 0 Å². The van der Waals surface area contributed by atoms with E-state index in [9.17, 15) is 18.4 Å². The van der Waals surface area contributed by atoms with Crippen molar-refractivity contribution in [3.8, 4) is 11.3 Å². The number of nitrogens with zero attached hydrogens (tertiary/aromatic N) is 1. The molecule has 0 radical (unpaired) electrons. The first-order chi connectivity index (χ1) is 13.6. The number of amides is 2. The van der Waals surface area contributed by atoms with Gasteiger partial charge in [0.1, 0.15) is 0 Å². The zero-order valence-corrected chi connectivity index (χ0v) is 16.9. The zero-order chi connectivity index (χ0) is 21.2. The number of thiazole rings is 1. The summed E-state index contributed by atoms with van der Waals surface area (Å²) in [5, 5.41) is 7.48. The fraction of sp³-hybridized carbons (Fsp3) is 0.190. The molecule has 0 unspecified atom stereocenters. The minimum absolute atomic E-state index is 0.222. The topological polar surface area (TPSA) is 71.1 Å². The third-order valence-electron chi connectivity index (χ3n) is 3.84. The second kappa shape index (κ2) is 8.08.